The number of halogens is 3. The predicted molar refractivity (Wildman–Crippen MR) is 60.2 cm³/mol. The number of aryl methyl sites for hydroxylation is 1. The molecule has 2 aromatic rings. The maximum atomic E-state index is 12.6. The fourth-order valence-electron chi connectivity index (χ4n) is 1.68. The second-order valence-corrected chi connectivity index (χ2v) is 3.80. The van der Waals surface area contributed by atoms with Crippen LogP contribution in [0.1, 0.15) is 5.56 Å². The monoisotopic (exact) mass is 256 g/mol. The Labute approximate surface area is 102 Å². The zero-order chi connectivity index (χ0) is 13.3. The van der Waals surface area contributed by atoms with Gasteiger partial charge in [-0.15, -0.1) is 5.10 Å². The van der Waals surface area contributed by atoms with Crippen molar-refractivity contribution in [2.24, 2.45) is 7.05 Å². The summed E-state index contributed by atoms with van der Waals surface area (Å²) in [5.74, 6) is 0.303. The van der Waals surface area contributed by atoms with Crippen molar-refractivity contribution in [2.75, 3.05) is 7.11 Å². The van der Waals surface area contributed by atoms with Crippen LogP contribution in [0.2, 0.25) is 0 Å². The number of methoxy groups -OCH3 is 1. The largest absolute Gasteiger partial charge is 0.479 e. The first kappa shape index (κ1) is 12.5. The summed E-state index contributed by atoms with van der Waals surface area (Å²) in [6.45, 7) is 0. The maximum Gasteiger partial charge on any atom is 0.416 e. The fraction of sp³-hybridized carbons (Fsp3) is 0.250. The van der Waals surface area contributed by atoms with Gasteiger partial charge in [0.05, 0.1) is 18.2 Å². The summed E-state index contributed by atoms with van der Waals surface area (Å²) >= 11 is 0. The standard InChI is InChI=1S/C12H11F3N2O/c1-17-7-10(11(16-17)18-2)8-4-3-5-9(6-8)12(13,14)15/h3-7H,1-2H3. The van der Waals surface area contributed by atoms with Crippen LogP contribution in [0.5, 0.6) is 5.88 Å². The van der Waals surface area contributed by atoms with Crippen LogP contribution < -0.4 is 4.74 Å². The Bertz CT molecular complexity index is 561. The van der Waals surface area contributed by atoms with Crippen LogP contribution in [-0.4, -0.2) is 16.9 Å². The number of ether oxygens (including phenoxy) is 1. The summed E-state index contributed by atoms with van der Waals surface area (Å²) in [5.41, 5.74) is 0.270. The average molecular weight is 256 g/mol. The third kappa shape index (κ3) is 2.32. The van der Waals surface area contributed by atoms with Crippen molar-refractivity contribution in [2.45, 2.75) is 6.18 Å². The smallest absolute Gasteiger partial charge is 0.416 e. The SMILES string of the molecule is COc1nn(C)cc1-c1cccc(C(F)(F)F)c1. The molecule has 1 aromatic carbocycles. The molecule has 96 valence electrons. The van der Waals surface area contributed by atoms with Gasteiger partial charge in [-0.25, -0.2) is 0 Å². The van der Waals surface area contributed by atoms with E-state index in [4.69, 9.17) is 4.74 Å². The van der Waals surface area contributed by atoms with Gasteiger partial charge in [0.25, 0.3) is 0 Å². The molecule has 0 fully saturated rings. The Morgan fingerprint density at radius 3 is 2.61 bits per heavy atom. The van der Waals surface area contributed by atoms with Gasteiger partial charge in [-0.1, -0.05) is 12.1 Å². The van der Waals surface area contributed by atoms with E-state index in [1.54, 1.807) is 19.3 Å². The van der Waals surface area contributed by atoms with E-state index in [2.05, 4.69) is 5.10 Å². The van der Waals surface area contributed by atoms with Gasteiger partial charge in [-0.3, -0.25) is 4.68 Å². The van der Waals surface area contributed by atoms with E-state index in [1.807, 2.05) is 0 Å². The van der Waals surface area contributed by atoms with Crippen molar-refractivity contribution < 1.29 is 17.9 Å². The molecule has 6 heteroatoms. The summed E-state index contributed by atoms with van der Waals surface area (Å²) < 4.78 is 44.4. The molecule has 3 nitrogen and oxygen atoms in total. The van der Waals surface area contributed by atoms with Crippen molar-refractivity contribution in [3.05, 3.63) is 36.0 Å². The third-order valence-corrected chi connectivity index (χ3v) is 2.49. The Hall–Kier alpha value is -1.98. The van der Waals surface area contributed by atoms with Crippen LogP contribution in [0.4, 0.5) is 13.2 Å². The number of aromatic nitrogens is 2. The molecule has 0 N–H and O–H groups in total. The van der Waals surface area contributed by atoms with Gasteiger partial charge < -0.3 is 4.74 Å². The van der Waals surface area contributed by atoms with E-state index in [1.165, 1.54) is 17.9 Å². The summed E-state index contributed by atoms with van der Waals surface area (Å²) in [6.07, 6.45) is -2.74. The molecule has 0 saturated heterocycles. The minimum atomic E-state index is -4.36. The minimum absolute atomic E-state index is 0.303. The molecule has 1 heterocycles. The van der Waals surface area contributed by atoms with E-state index in [0.29, 0.717) is 17.0 Å². The van der Waals surface area contributed by atoms with Crippen molar-refractivity contribution >= 4 is 0 Å². The van der Waals surface area contributed by atoms with Gasteiger partial charge in [0, 0.05) is 13.2 Å². The van der Waals surface area contributed by atoms with E-state index in [-0.39, 0.29) is 0 Å². The first-order valence-corrected chi connectivity index (χ1v) is 5.17. The van der Waals surface area contributed by atoms with E-state index >= 15 is 0 Å². The van der Waals surface area contributed by atoms with E-state index in [9.17, 15) is 13.2 Å². The number of hydrogen-bond donors (Lipinski definition) is 0. The molecule has 0 bridgehead atoms. The average Bonchev–Trinajstić information content (AvgIpc) is 2.69. The lowest BCUT2D eigenvalue weighted by atomic mass is 10.1. The van der Waals surface area contributed by atoms with Gasteiger partial charge in [0.1, 0.15) is 0 Å². The lowest BCUT2D eigenvalue weighted by Gasteiger charge is -2.08. The molecule has 0 radical (unpaired) electrons. The minimum Gasteiger partial charge on any atom is -0.479 e. The van der Waals surface area contributed by atoms with Crippen LogP contribution in [-0.2, 0) is 13.2 Å². The van der Waals surface area contributed by atoms with E-state index < -0.39 is 11.7 Å². The lowest BCUT2D eigenvalue weighted by molar-refractivity contribution is -0.137. The third-order valence-electron chi connectivity index (χ3n) is 2.49. The van der Waals surface area contributed by atoms with Crippen LogP contribution in [0.25, 0.3) is 11.1 Å². The molecule has 0 aliphatic heterocycles. The Morgan fingerprint density at radius 2 is 2.00 bits per heavy atom. The molecule has 0 aliphatic rings. The molecule has 0 unspecified atom stereocenters. The molecular formula is C12H11F3N2O. The van der Waals surface area contributed by atoms with Crippen molar-refractivity contribution in [1.29, 1.82) is 0 Å². The highest BCUT2D eigenvalue weighted by atomic mass is 19.4. The number of alkyl halides is 3. The van der Waals surface area contributed by atoms with Crippen LogP contribution >= 0.6 is 0 Å². The molecule has 2 rings (SSSR count). The normalized spacial score (nSPS) is 11.6. The highest BCUT2D eigenvalue weighted by molar-refractivity contribution is 5.68. The first-order valence-electron chi connectivity index (χ1n) is 5.17. The molecule has 0 aliphatic carbocycles. The van der Waals surface area contributed by atoms with Gasteiger partial charge in [0.15, 0.2) is 0 Å². The highest BCUT2D eigenvalue weighted by Gasteiger charge is 2.30. The molecule has 0 saturated carbocycles. The quantitative estimate of drug-likeness (QED) is 0.825. The number of benzene rings is 1. The maximum absolute atomic E-state index is 12.6. The fourth-order valence-corrected chi connectivity index (χ4v) is 1.68. The predicted octanol–water partition coefficient (Wildman–Crippen LogP) is 3.11. The Morgan fingerprint density at radius 1 is 1.28 bits per heavy atom. The second kappa shape index (κ2) is 4.36. The summed E-state index contributed by atoms with van der Waals surface area (Å²) in [4.78, 5) is 0. The van der Waals surface area contributed by atoms with Gasteiger partial charge in [-0.2, -0.15) is 13.2 Å². The summed E-state index contributed by atoms with van der Waals surface area (Å²) in [6, 6.07) is 5.07. The van der Waals surface area contributed by atoms with Crippen LogP contribution in [0, 0.1) is 0 Å². The topological polar surface area (TPSA) is 27.1 Å². The van der Waals surface area contributed by atoms with Crippen LogP contribution in [0.15, 0.2) is 30.5 Å². The molecule has 0 amide bonds. The number of hydrogen-bond acceptors (Lipinski definition) is 2. The molecule has 1 aromatic heterocycles. The van der Waals surface area contributed by atoms with Crippen molar-refractivity contribution in [1.82, 2.24) is 9.78 Å². The first-order chi connectivity index (χ1) is 8.41. The van der Waals surface area contributed by atoms with Crippen molar-refractivity contribution in [3.63, 3.8) is 0 Å². The van der Waals surface area contributed by atoms with Crippen LogP contribution in [0.3, 0.4) is 0 Å². The molecule has 18 heavy (non-hydrogen) atoms. The Balaban J connectivity index is 2.51. The zero-order valence-corrected chi connectivity index (χ0v) is 9.82. The summed E-state index contributed by atoms with van der Waals surface area (Å²) in [5, 5.41) is 4.01. The number of nitrogens with zero attached hydrogens (tertiary/aromatic N) is 2. The highest BCUT2D eigenvalue weighted by Crippen LogP contribution is 2.34. The van der Waals surface area contributed by atoms with Crippen molar-refractivity contribution in [3.8, 4) is 17.0 Å². The Kier molecular flexibility index (Phi) is 3.02. The lowest BCUT2D eigenvalue weighted by Crippen LogP contribution is -2.04. The van der Waals surface area contributed by atoms with Gasteiger partial charge >= 0.3 is 6.18 Å². The second-order valence-electron chi connectivity index (χ2n) is 3.80. The molecular weight excluding hydrogens is 245 g/mol. The molecule has 0 atom stereocenters. The zero-order valence-electron chi connectivity index (χ0n) is 9.82. The van der Waals surface area contributed by atoms with Gasteiger partial charge in [0.2, 0.25) is 5.88 Å². The summed E-state index contributed by atoms with van der Waals surface area (Å²) in [7, 11) is 3.11. The molecule has 0 spiro atoms. The number of rotatable bonds is 2. The van der Waals surface area contributed by atoms with E-state index in [0.717, 1.165) is 12.1 Å². The van der Waals surface area contributed by atoms with Gasteiger partial charge in [-0.05, 0) is 17.7 Å².